The van der Waals surface area contributed by atoms with Crippen molar-refractivity contribution in [2.24, 2.45) is 0 Å². The molecule has 0 bridgehead atoms. The number of rotatable bonds is 4. The monoisotopic (exact) mass is 325 g/mol. The van der Waals surface area contributed by atoms with Gasteiger partial charge < -0.3 is 10.6 Å². The average molecular weight is 325 g/mol. The molecule has 0 radical (unpaired) electrons. The van der Waals surface area contributed by atoms with Gasteiger partial charge in [0.25, 0.3) is 0 Å². The number of hydrogen-bond donors (Lipinski definition) is 2. The summed E-state index contributed by atoms with van der Waals surface area (Å²) in [6.07, 6.45) is 6.79. The summed E-state index contributed by atoms with van der Waals surface area (Å²) in [7, 11) is -1.78. The zero-order valence-electron chi connectivity index (χ0n) is 13.0. The normalized spacial score (nSPS) is 16.1. The predicted molar refractivity (Wildman–Crippen MR) is 88.7 cm³/mol. The number of carbonyl (C=O) groups excluding carboxylic acids is 1. The SMILES string of the molecule is CN(c1ccc(NC(=O)NC2CCCCC2)cc1)S(C)(=O)=O. The molecule has 1 aromatic rings. The highest BCUT2D eigenvalue weighted by Crippen LogP contribution is 2.20. The van der Waals surface area contributed by atoms with Gasteiger partial charge in [-0.25, -0.2) is 13.2 Å². The van der Waals surface area contributed by atoms with Crippen molar-refractivity contribution in [2.45, 2.75) is 38.1 Å². The fraction of sp³-hybridized carbons (Fsp3) is 0.533. The van der Waals surface area contributed by atoms with Crippen LogP contribution in [0, 0.1) is 0 Å². The third kappa shape index (κ3) is 4.62. The molecule has 2 amide bonds. The summed E-state index contributed by atoms with van der Waals surface area (Å²) in [5, 5.41) is 5.75. The summed E-state index contributed by atoms with van der Waals surface area (Å²) in [6, 6.07) is 6.75. The molecule has 1 aliphatic carbocycles. The molecule has 122 valence electrons. The summed E-state index contributed by atoms with van der Waals surface area (Å²) >= 11 is 0. The fourth-order valence-corrected chi connectivity index (χ4v) is 3.05. The Morgan fingerprint density at radius 1 is 1.14 bits per heavy atom. The number of carbonyl (C=O) groups is 1. The number of anilines is 2. The van der Waals surface area contributed by atoms with Gasteiger partial charge in [-0.1, -0.05) is 19.3 Å². The van der Waals surface area contributed by atoms with E-state index >= 15 is 0 Å². The molecular formula is C15H23N3O3S. The lowest BCUT2D eigenvalue weighted by atomic mass is 9.96. The van der Waals surface area contributed by atoms with Crippen LogP contribution in [0.2, 0.25) is 0 Å². The highest BCUT2D eigenvalue weighted by atomic mass is 32.2. The van der Waals surface area contributed by atoms with Crippen molar-refractivity contribution in [3.63, 3.8) is 0 Å². The number of sulfonamides is 1. The first-order chi connectivity index (χ1) is 10.4. The lowest BCUT2D eigenvalue weighted by Crippen LogP contribution is -2.39. The Hall–Kier alpha value is -1.76. The van der Waals surface area contributed by atoms with Gasteiger partial charge in [-0.15, -0.1) is 0 Å². The van der Waals surface area contributed by atoms with Crippen LogP contribution in [-0.4, -0.2) is 33.8 Å². The van der Waals surface area contributed by atoms with Crippen LogP contribution in [0.3, 0.4) is 0 Å². The minimum atomic E-state index is -3.28. The molecule has 7 heteroatoms. The molecule has 1 aromatic carbocycles. The van der Waals surface area contributed by atoms with E-state index in [9.17, 15) is 13.2 Å². The molecule has 0 heterocycles. The standard InChI is InChI=1S/C15H23N3O3S/c1-18(22(2,20)21)14-10-8-13(9-11-14)17-15(19)16-12-6-4-3-5-7-12/h8-12H,3-7H2,1-2H3,(H2,16,17,19). The third-order valence-electron chi connectivity index (χ3n) is 3.93. The molecule has 1 fully saturated rings. The van der Waals surface area contributed by atoms with E-state index in [1.165, 1.54) is 17.8 Å². The van der Waals surface area contributed by atoms with Crippen LogP contribution < -0.4 is 14.9 Å². The first-order valence-electron chi connectivity index (χ1n) is 7.48. The lowest BCUT2D eigenvalue weighted by Gasteiger charge is -2.23. The first kappa shape index (κ1) is 16.6. The predicted octanol–water partition coefficient (Wildman–Crippen LogP) is 2.54. The van der Waals surface area contributed by atoms with Crippen LogP contribution in [0.25, 0.3) is 0 Å². The van der Waals surface area contributed by atoms with Gasteiger partial charge in [0.2, 0.25) is 10.0 Å². The maximum Gasteiger partial charge on any atom is 0.319 e. The van der Waals surface area contributed by atoms with E-state index in [1.807, 2.05) is 0 Å². The smallest absolute Gasteiger partial charge is 0.319 e. The van der Waals surface area contributed by atoms with Gasteiger partial charge in [-0.2, -0.15) is 0 Å². The molecule has 2 N–H and O–H groups in total. The van der Waals surface area contributed by atoms with E-state index in [0.29, 0.717) is 11.4 Å². The van der Waals surface area contributed by atoms with Crippen molar-refractivity contribution in [1.29, 1.82) is 0 Å². The molecule has 1 saturated carbocycles. The Kier molecular flexibility index (Phi) is 5.28. The highest BCUT2D eigenvalue weighted by molar-refractivity contribution is 7.92. The number of amides is 2. The zero-order valence-corrected chi connectivity index (χ0v) is 13.8. The van der Waals surface area contributed by atoms with Crippen LogP contribution in [0.5, 0.6) is 0 Å². The van der Waals surface area contributed by atoms with Gasteiger partial charge >= 0.3 is 6.03 Å². The summed E-state index contributed by atoms with van der Waals surface area (Å²) in [6.45, 7) is 0. The van der Waals surface area contributed by atoms with Crippen molar-refractivity contribution < 1.29 is 13.2 Å². The van der Waals surface area contributed by atoms with Crippen molar-refractivity contribution in [3.8, 4) is 0 Å². The van der Waals surface area contributed by atoms with E-state index in [0.717, 1.165) is 31.9 Å². The number of nitrogens with one attached hydrogen (secondary N) is 2. The van der Waals surface area contributed by atoms with E-state index in [2.05, 4.69) is 10.6 Å². The minimum absolute atomic E-state index is 0.212. The van der Waals surface area contributed by atoms with Crippen molar-refractivity contribution in [1.82, 2.24) is 5.32 Å². The van der Waals surface area contributed by atoms with Crippen LogP contribution in [-0.2, 0) is 10.0 Å². The molecule has 0 aromatic heterocycles. The Balaban J connectivity index is 1.92. The van der Waals surface area contributed by atoms with Crippen LogP contribution in [0.4, 0.5) is 16.2 Å². The third-order valence-corrected chi connectivity index (χ3v) is 5.13. The van der Waals surface area contributed by atoms with Gasteiger partial charge in [0.05, 0.1) is 11.9 Å². The molecule has 2 rings (SSSR count). The Morgan fingerprint density at radius 2 is 1.73 bits per heavy atom. The summed E-state index contributed by atoms with van der Waals surface area (Å²) < 4.78 is 24.1. The van der Waals surface area contributed by atoms with Crippen LogP contribution in [0.15, 0.2) is 24.3 Å². The summed E-state index contributed by atoms with van der Waals surface area (Å²) in [4.78, 5) is 11.9. The van der Waals surface area contributed by atoms with Crippen LogP contribution in [0.1, 0.15) is 32.1 Å². The van der Waals surface area contributed by atoms with E-state index in [-0.39, 0.29) is 12.1 Å². The lowest BCUT2D eigenvalue weighted by molar-refractivity contribution is 0.244. The number of nitrogens with zero attached hydrogens (tertiary/aromatic N) is 1. The van der Waals surface area contributed by atoms with Gasteiger partial charge in [0.1, 0.15) is 0 Å². The van der Waals surface area contributed by atoms with Gasteiger partial charge in [0.15, 0.2) is 0 Å². The summed E-state index contributed by atoms with van der Waals surface area (Å²) in [5.41, 5.74) is 1.19. The molecule has 0 aliphatic heterocycles. The molecule has 6 nitrogen and oxygen atoms in total. The molecule has 0 unspecified atom stereocenters. The summed E-state index contributed by atoms with van der Waals surface area (Å²) in [5.74, 6) is 0. The topological polar surface area (TPSA) is 78.5 Å². The molecule has 0 atom stereocenters. The second-order valence-corrected chi connectivity index (χ2v) is 7.72. The van der Waals surface area contributed by atoms with Crippen LogP contribution >= 0.6 is 0 Å². The Morgan fingerprint density at radius 3 is 2.27 bits per heavy atom. The molecule has 1 aliphatic rings. The second kappa shape index (κ2) is 7.00. The quantitative estimate of drug-likeness (QED) is 0.893. The zero-order chi connectivity index (χ0) is 16.2. The maximum atomic E-state index is 11.9. The van der Waals surface area contributed by atoms with Gasteiger partial charge in [-0.3, -0.25) is 4.31 Å². The number of benzene rings is 1. The first-order valence-corrected chi connectivity index (χ1v) is 9.32. The van der Waals surface area contributed by atoms with Gasteiger partial charge in [-0.05, 0) is 37.1 Å². The Labute approximate surface area is 131 Å². The van der Waals surface area contributed by atoms with E-state index in [1.54, 1.807) is 24.3 Å². The van der Waals surface area contributed by atoms with Crippen molar-refractivity contribution >= 4 is 27.4 Å². The van der Waals surface area contributed by atoms with Crippen molar-refractivity contribution in [3.05, 3.63) is 24.3 Å². The average Bonchev–Trinajstić information content (AvgIpc) is 2.47. The van der Waals surface area contributed by atoms with Gasteiger partial charge in [0, 0.05) is 18.8 Å². The Bertz CT molecular complexity index is 607. The fourth-order valence-electron chi connectivity index (χ4n) is 2.55. The number of urea groups is 1. The molecular weight excluding hydrogens is 302 g/mol. The second-order valence-electron chi connectivity index (χ2n) is 5.71. The largest absolute Gasteiger partial charge is 0.335 e. The highest BCUT2D eigenvalue weighted by Gasteiger charge is 2.16. The number of hydrogen-bond acceptors (Lipinski definition) is 3. The molecule has 0 spiro atoms. The minimum Gasteiger partial charge on any atom is -0.335 e. The molecule has 22 heavy (non-hydrogen) atoms. The molecule has 0 saturated heterocycles. The van der Waals surface area contributed by atoms with E-state index < -0.39 is 10.0 Å². The van der Waals surface area contributed by atoms with Crippen molar-refractivity contribution in [2.75, 3.05) is 22.9 Å². The van der Waals surface area contributed by atoms with E-state index in [4.69, 9.17) is 0 Å². The maximum absolute atomic E-state index is 11.9.